The van der Waals surface area contributed by atoms with Crippen LogP contribution in [0.3, 0.4) is 0 Å². The van der Waals surface area contributed by atoms with E-state index in [0.29, 0.717) is 11.3 Å². The van der Waals surface area contributed by atoms with Crippen LogP contribution in [0, 0.1) is 0 Å². The number of carbonyl (C=O) groups excluding carboxylic acids is 1. The van der Waals surface area contributed by atoms with E-state index in [0.717, 1.165) is 6.07 Å². The summed E-state index contributed by atoms with van der Waals surface area (Å²) in [5.41, 5.74) is 0.108. The molecule has 0 amide bonds. The molecule has 0 aliphatic carbocycles. The van der Waals surface area contributed by atoms with Crippen LogP contribution in [0.1, 0.15) is 28.9 Å². The largest absolute Gasteiger partial charge is 0.507 e. The Balaban J connectivity index is 1.43. The van der Waals surface area contributed by atoms with Crippen LogP contribution in [-0.4, -0.2) is 128 Å². The zero-order chi connectivity index (χ0) is 31.2. The number of fused-ring (bicyclic) bond motifs is 1. The molecule has 0 unspecified atom stereocenters. The summed E-state index contributed by atoms with van der Waals surface area (Å²) in [4.78, 5) is 13.0. The Hall–Kier alpha value is -3.09. The third kappa shape index (κ3) is 5.88. The molecule has 0 spiro atoms. The topological polar surface area (TPSA) is 234 Å². The van der Waals surface area contributed by atoms with Crippen molar-refractivity contribution < 1.29 is 74.1 Å². The highest BCUT2D eigenvalue weighted by Gasteiger charge is 2.51. The smallest absolute Gasteiger partial charge is 0.229 e. The fraction of sp³-hybridized carbons (Fsp3) is 0.536. The van der Waals surface area contributed by atoms with Crippen LogP contribution in [0.4, 0.5) is 0 Å². The maximum Gasteiger partial charge on any atom is 0.229 e. The molecule has 15 heteroatoms. The van der Waals surface area contributed by atoms with Gasteiger partial charge in [-0.3, -0.25) is 4.79 Å². The lowest BCUT2D eigenvalue weighted by Crippen LogP contribution is -2.64. The average Bonchev–Trinajstić information content (AvgIpc) is 2.99. The monoisotopic (exact) mass is 610 g/mol. The van der Waals surface area contributed by atoms with Crippen LogP contribution in [0.15, 0.2) is 36.4 Å². The van der Waals surface area contributed by atoms with Gasteiger partial charge in [0.2, 0.25) is 12.1 Å². The van der Waals surface area contributed by atoms with Crippen LogP contribution in [0.5, 0.6) is 23.0 Å². The molecule has 0 saturated carbocycles. The van der Waals surface area contributed by atoms with Crippen LogP contribution >= 0.6 is 0 Å². The minimum absolute atomic E-state index is 0.150. The number of aromatic hydroxyl groups is 1. The first kappa shape index (κ1) is 31.3. The molecule has 3 aliphatic heterocycles. The molecule has 5 rings (SSSR count). The van der Waals surface area contributed by atoms with Crippen molar-refractivity contribution in [3.05, 3.63) is 47.5 Å². The number of carbonyl (C=O) groups is 1. The van der Waals surface area contributed by atoms with Crippen molar-refractivity contribution in [1.82, 2.24) is 0 Å². The summed E-state index contributed by atoms with van der Waals surface area (Å²) in [5.74, 6) is -1.29. The van der Waals surface area contributed by atoms with Crippen LogP contribution in [0.25, 0.3) is 0 Å². The number of rotatable bonds is 7. The third-order valence-electron chi connectivity index (χ3n) is 7.71. The molecule has 3 aliphatic rings. The van der Waals surface area contributed by atoms with E-state index in [9.17, 15) is 45.6 Å². The summed E-state index contributed by atoms with van der Waals surface area (Å²) >= 11 is 0. The Morgan fingerprint density at radius 2 is 1.60 bits per heavy atom. The maximum atomic E-state index is 13.0. The normalized spacial score (nSPS) is 37.7. The van der Waals surface area contributed by atoms with Gasteiger partial charge in [0.1, 0.15) is 65.2 Å². The lowest BCUT2D eigenvalue weighted by atomic mass is 9.92. The van der Waals surface area contributed by atoms with Crippen molar-refractivity contribution in [3.63, 3.8) is 0 Å². The lowest BCUT2D eigenvalue weighted by Gasteiger charge is -2.45. The van der Waals surface area contributed by atoms with Crippen molar-refractivity contribution in [3.8, 4) is 23.0 Å². The number of hydrogen-bond acceptors (Lipinski definition) is 15. The van der Waals surface area contributed by atoms with Crippen LogP contribution in [-0.2, 0) is 14.2 Å². The second-order valence-electron chi connectivity index (χ2n) is 10.5. The van der Waals surface area contributed by atoms with Gasteiger partial charge in [-0.2, -0.15) is 0 Å². The van der Waals surface area contributed by atoms with Gasteiger partial charge in [-0.15, -0.1) is 0 Å². The number of phenolic OH excluding ortho intramolecular Hbond substituents is 1. The molecule has 0 aromatic heterocycles. The Bertz CT molecular complexity index is 1300. The summed E-state index contributed by atoms with van der Waals surface area (Å²) in [7, 11) is 1.45. The van der Waals surface area contributed by atoms with Crippen molar-refractivity contribution >= 4 is 5.78 Å². The van der Waals surface area contributed by atoms with E-state index in [2.05, 4.69) is 0 Å². The zero-order valence-electron chi connectivity index (χ0n) is 23.0. The molecule has 12 atom stereocenters. The van der Waals surface area contributed by atoms with Gasteiger partial charge >= 0.3 is 0 Å². The predicted octanol–water partition coefficient (Wildman–Crippen LogP) is -1.89. The standard InChI is InChI=1S/C28H34O15/c1-10-18(31)21(34)24(37)27(39-10)43-26-22(35)19(32)16(9-29)42-28(26)40-13-7-14(30)17-15(8-13)41-25(23(36)20(17)33)11-4-3-5-12(6-11)38-2/h3-8,10,16,18-19,21-32,34-37H,9H2,1-2H3/t10-,16-,18-,19-,21-,22+,23+,24-,25-,26-,27-,28-/m0/s1. The molecule has 2 aromatic rings. The molecule has 2 fully saturated rings. The van der Waals surface area contributed by atoms with E-state index < -0.39 is 91.8 Å². The van der Waals surface area contributed by atoms with E-state index in [1.54, 1.807) is 24.3 Å². The number of hydrogen-bond donors (Lipinski definition) is 8. The summed E-state index contributed by atoms with van der Waals surface area (Å²) in [6, 6.07) is 8.76. The highest BCUT2D eigenvalue weighted by Crippen LogP contribution is 2.43. The van der Waals surface area contributed by atoms with E-state index in [1.165, 1.54) is 20.1 Å². The second-order valence-corrected chi connectivity index (χ2v) is 10.5. The summed E-state index contributed by atoms with van der Waals surface area (Å²) in [6.07, 6.45) is -18.3. The zero-order valence-corrected chi connectivity index (χ0v) is 23.0. The Labute approximate surface area is 245 Å². The molecule has 0 radical (unpaired) electrons. The number of phenols is 1. The Morgan fingerprint density at radius 3 is 2.30 bits per heavy atom. The van der Waals surface area contributed by atoms with E-state index >= 15 is 0 Å². The second kappa shape index (κ2) is 12.5. The summed E-state index contributed by atoms with van der Waals surface area (Å²) < 4.78 is 33.7. The van der Waals surface area contributed by atoms with Gasteiger partial charge < -0.3 is 69.3 Å². The number of aliphatic hydroxyl groups excluding tert-OH is 7. The first-order valence-corrected chi connectivity index (χ1v) is 13.5. The Morgan fingerprint density at radius 1 is 0.860 bits per heavy atom. The first-order chi connectivity index (χ1) is 20.4. The quantitative estimate of drug-likeness (QED) is 0.171. The van der Waals surface area contributed by atoms with Gasteiger partial charge in [-0.25, -0.2) is 0 Å². The molecule has 2 saturated heterocycles. The van der Waals surface area contributed by atoms with Gasteiger partial charge in [-0.05, 0) is 24.6 Å². The molecule has 0 bridgehead atoms. The minimum atomic E-state index is -1.78. The van der Waals surface area contributed by atoms with Gasteiger partial charge in [-0.1, -0.05) is 12.1 Å². The van der Waals surface area contributed by atoms with Crippen LogP contribution in [0.2, 0.25) is 0 Å². The fourth-order valence-electron chi connectivity index (χ4n) is 5.25. The van der Waals surface area contributed by atoms with Gasteiger partial charge in [0.25, 0.3) is 0 Å². The molecule has 236 valence electrons. The summed E-state index contributed by atoms with van der Waals surface area (Å²) in [5, 5.41) is 83.0. The molecule has 2 aromatic carbocycles. The highest BCUT2D eigenvalue weighted by molar-refractivity contribution is 6.05. The molecule has 43 heavy (non-hydrogen) atoms. The van der Waals surface area contributed by atoms with Gasteiger partial charge in [0.05, 0.1) is 19.8 Å². The fourth-order valence-corrected chi connectivity index (χ4v) is 5.25. The van der Waals surface area contributed by atoms with Crippen molar-refractivity contribution in [1.29, 1.82) is 0 Å². The van der Waals surface area contributed by atoms with E-state index in [-0.39, 0.29) is 17.1 Å². The highest BCUT2D eigenvalue weighted by atomic mass is 16.8. The number of ketones is 1. The number of ether oxygens (including phenoxy) is 6. The average molecular weight is 611 g/mol. The van der Waals surface area contributed by atoms with Crippen LogP contribution < -0.4 is 14.2 Å². The van der Waals surface area contributed by atoms with Crippen molar-refractivity contribution in [2.24, 2.45) is 0 Å². The molecule has 15 nitrogen and oxygen atoms in total. The number of methoxy groups -OCH3 is 1. The predicted molar refractivity (Wildman–Crippen MR) is 140 cm³/mol. The lowest BCUT2D eigenvalue weighted by molar-refractivity contribution is -0.354. The first-order valence-electron chi connectivity index (χ1n) is 13.5. The third-order valence-corrected chi connectivity index (χ3v) is 7.71. The number of aliphatic hydroxyl groups is 7. The van der Waals surface area contributed by atoms with E-state index in [1.807, 2.05) is 0 Å². The minimum Gasteiger partial charge on any atom is -0.507 e. The van der Waals surface area contributed by atoms with Crippen molar-refractivity contribution in [2.75, 3.05) is 13.7 Å². The number of Topliss-reactive ketones (excluding diaryl/α,β-unsaturated/α-hetero) is 1. The molecular weight excluding hydrogens is 576 g/mol. The molecule has 3 heterocycles. The number of benzene rings is 2. The molecule has 8 N–H and O–H groups in total. The van der Waals surface area contributed by atoms with Gasteiger partial charge in [0, 0.05) is 12.1 Å². The summed E-state index contributed by atoms with van der Waals surface area (Å²) in [6.45, 7) is 0.684. The Kier molecular flexibility index (Phi) is 9.10. The van der Waals surface area contributed by atoms with E-state index in [4.69, 9.17) is 28.4 Å². The SMILES string of the molecule is COc1cccc([C@@H]2Oc3cc(O[C@H]4O[C@@H](CO)[C@H](O)[C@@H](O)[C@@H]4O[C@@H]4O[C@@H](C)[C@H](O)[C@H](O)[C@@H]4O)cc(O)c3C(=O)[C@H]2O)c1. The van der Waals surface area contributed by atoms with Crippen molar-refractivity contribution in [2.45, 2.75) is 80.5 Å². The maximum absolute atomic E-state index is 13.0. The van der Waals surface area contributed by atoms with Gasteiger partial charge in [0.15, 0.2) is 24.6 Å². The molecular formula is C28H34O15.